The minimum Gasteiger partial charge on any atom is -0.553 e. The van der Waals surface area contributed by atoms with Crippen LogP contribution >= 0.6 is 0 Å². The van der Waals surface area contributed by atoms with Gasteiger partial charge in [0.1, 0.15) is 61.0 Å². The molecule has 6 saturated heterocycles. The number of ether oxygens (including phenoxy) is 13. The molecule has 13 rings (SSSR count). The third kappa shape index (κ3) is 25.1. The summed E-state index contributed by atoms with van der Waals surface area (Å²) in [4.78, 5) is 139. The molecule has 0 saturated carbocycles. The van der Waals surface area contributed by atoms with Crippen LogP contribution in [0.4, 0.5) is 0 Å². The van der Waals surface area contributed by atoms with Crippen LogP contribution in [-0.4, -0.2) is 235 Å². The minimum absolute atomic E-state index is 0. The molecule has 6 aromatic rings. The molecule has 0 amide bonds. The van der Waals surface area contributed by atoms with Crippen molar-refractivity contribution in [2.45, 2.75) is 216 Å². The third-order valence-corrected chi connectivity index (χ3v) is 19.6. The van der Waals surface area contributed by atoms with Crippen LogP contribution in [-0.2, 0) is 56.8 Å². The van der Waals surface area contributed by atoms with E-state index in [9.17, 15) is 68.1 Å². The molecule has 13 heterocycles. The van der Waals surface area contributed by atoms with Crippen LogP contribution in [0.2, 0.25) is 0 Å². The Hall–Kier alpha value is -7.88. The zero-order chi connectivity index (χ0) is 85.9. The number of aliphatic hydroxyl groups is 4. The number of H-pyrrole nitrogens is 5. The molecule has 51 heteroatoms. The predicted octanol–water partition coefficient (Wildman–Crippen LogP) is -7.65. The maximum Gasteiger partial charge on any atom is 1.00 e. The van der Waals surface area contributed by atoms with Gasteiger partial charge in [-0.25, -0.2) is 34.4 Å². The standard InChI is InChI=1S/2C12H18N2O4.2C11H16N2O5.C11H14N2O4.C10H14N2O6.H3N6O.H2NO.2Na/c2*1-4-8-7(2)10(17-3)11(18-8)14-6-5-9(15)13-12(14)16;2*1-3-6-8(15)9(17-2)10(18-6)13-5-4-7(14)12-11(13)16;1-3-6-8-9(15-2)10(16-6)13-5-4-7(14)12-11(13)17-8;1-17-8-7(15)5(4-13)18-9(8)12-3-2-6(14)11-10(12)16;1-2-3-4-5-6-7;1-2;;/h2*5-8,10-11H,4H2,1-3H3,(H,13,15,16);2*4-6,8-10,15H,3H2,1-2H3,(H,12,14,16);4-6,8-10H,3H2,1-2H3;2-3,5,7-9,13,15H,4H2,1H3,(H,11,14,16);(H3-,1,2,3,4,5,6,7);1-2H;;/q;;;;;;2*-1;2*+1/t7-,8+,10+,11+;7-,8-,10-,11-;6-,8+,9-,10-;6-,8-,9-,10-;6-,8?,9-,10-;5-,7-,8-,9-;;;;/m011111..../s1. The molecule has 0 radical (unpaired) electrons. The van der Waals surface area contributed by atoms with E-state index < -0.39 is 149 Å². The summed E-state index contributed by atoms with van der Waals surface area (Å²) in [6, 6.07) is 7.94. The summed E-state index contributed by atoms with van der Waals surface area (Å²) in [5.41, 5.74) is -3.17. The molecule has 2 bridgehead atoms. The van der Waals surface area contributed by atoms with Gasteiger partial charge in [-0.2, -0.15) is 4.98 Å². The molecule has 1 unspecified atom stereocenters. The molecule has 118 heavy (non-hydrogen) atoms. The first-order chi connectivity index (χ1) is 55.5. The fourth-order valence-corrected chi connectivity index (χ4v) is 13.8. The van der Waals surface area contributed by atoms with Crippen molar-refractivity contribution in [3.05, 3.63) is 200 Å². The van der Waals surface area contributed by atoms with Crippen molar-refractivity contribution in [3.63, 3.8) is 0 Å². The van der Waals surface area contributed by atoms with E-state index in [-0.39, 0.29) is 125 Å². The summed E-state index contributed by atoms with van der Waals surface area (Å²) in [6.45, 7) is 13.5. The average molecular weight is 1700 g/mol. The van der Waals surface area contributed by atoms with E-state index in [0.29, 0.717) is 18.9 Å². The number of nitrogens with two attached hydrogens (primary N) is 1. The summed E-state index contributed by atoms with van der Waals surface area (Å²) >= 11 is 0. The number of nitrogens with one attached hydrogen (secondary N) is 6. The predicted molar refractivity (Wildman–Crippen MR) is 398 cm³/mol. The number of aliphatic hydroxyl groups excluding tert-OH is 4. The number of aromatic amines is 5. The smallest absolute Gasteiger partial charge is 0.553 e. The van der Waals surface area contributed by atoms with Gasteiger partial charge in [0.15, 0.2) is 43.5 Å². The van der Waals surface area contributed by atoms with E-state index >= 15 is 0 Å². The second-order valence-corrected chi connectivity index (χ2v) is 26.1. The molecule has 7 aliphatic rings. The van der Waals surface area contributed by atoms with Crippen LogP contribution < -0.4 is 131 Å². The zero-order valence-corrected chi connectivity index (χ0v) is 71.5. The van der Waals surface area contributed by atoms with Crippen LogP contribution in [0.5, 0.6) is 6.01 Å². The zero-order valence-electron chi connectivity index (χ0n) is 67.5. The molecule has 0 aliphatic carbocycles. The number of rotatable bonds is 19. The van der Waals surface area contributed by atoms with Gasteiger partial charge >= 0.3 is 93.6 Å². The topological polar surface area (TPSA) is 664 Å². The molecule has 0 aromatic carbocycles. The fraction of sp³-hybridized carbons (Fsp3) is 0.642. The van der Waals surface area contributed by atoms with Gasteiger partial charge in [-0.3, -0.25) is 86.7 Å². The number of hydrogen-bond acceptors (Lipinski definition) is 33. The number of aromatic nitrogens is 12. The van der Waals surface area contributed by atoms with Crippen LogP contribution in [0.3, 0.4) is 0 Å². The van der Waals surface area contributed by atoms with E-state index in [2.05, 4.69) is 62.2 Å². The van der Waals surface area contributed by atoms with E-state index in [1.807, 2.05) is 48.5 Å². The molecule has 24 atom stereocenters. The van der Waals surface area contributed by atoms with Crippen molar-refractivity contribution in [2.24, 2.45) is 38.6 Å². The summed E-state index contributed by atoms with van der Waals surface area (Å²) in [7, 11) is 9.09. The average Bonchev–Trinajstić information content (AvgIpc) is 1.60. The Balaban J connectivity index is 0.000000291. The molecule has 7 aliphatic heterocycles. The van der Waals surface area contributed by atoms with Gasteiger partial charge < -0.3 is 104 Å². The van der Waals surface area contributed by atoms with Crippen LogP contribution in [0.1, 0.15) is 118 Å². The van der Waals surface area contributed by atoms with Crippen molar-refractivity contribution in [1.82, 2.24) is 57.3 Å². The van der Waals surface area contributed by atoms with Gasteiger partial charge in [-0.15, -0.1) is 5.22 Å². The third-order valence-electron chi connectivity index (χ3n) is 19.6. The Labute approximate surface area is 713 Å². The number of nitrogens with zero attached hydrogens (tertiary/aromatic N) is 12. The van der Waals surface area contributed by atoms with Crippen molar-refractivity contribution in [1.29, 1.82) is 0 Å². The summed E-state index contributed by atoms with van der Waals surface area (Å²) in [5.74, 6) is 9.60. The maximum atomic E-state index is 11.8. The van der Waals surface area contributed by atoms with Crippen molar-refractivity contribution >= 4 is 0 Å². The molecule has 0 spiro atoms. The first-order valence-corrected chi connectivity index (χ1v) is 36.2. The molecule has 49 nitrogen and oxygen atoms in total. The largest absolute Gasteiger partial charge is 1.00 e. The van der Waals surface area contributed by atoms with Gasteiger partial charge in [0.05, 0.1) is 37.1 Å². The Morgan fingerprint density at radius 2 is 0.695 bits per heavy atom. The molecule has 14 N–H and O–H groups in total. The summed E-state index contributed by atoms with van der Waals surface area (Å²) < 4.78 is 79.5. The Morgan fingerprint density at radius 1 is 0.424 bits per heavy atom. The summed E-state index contributed by atoms with van der Waals surface area (Å²) in [6.07, 6.45) is 1.61. The van der Waals surface area contributed by atoms with E-state index in [4.69, 9.17) is 83.0 Å². The van der Waals surface area contributed by atoms with Gasteiger partial charge in [0, 0.05) is 128 Å². The first kappa shape index (κ1) is 102. The van der Waals surface area contributed by atoms with Gasteiger partial charge in [0.25, 0.3) is 33.4 Å². The Morgan fingerprint density at radius 3 is 0.975 bits per heavy atom. The second-order valence-electron chi connectivity index (χ2n) is 26.1. The van der Waals surface area contributed by atoms with Gasteiger partial charge in [-0.1, -0.05) is 53.7 Å². The van der Waals surface area contributed by atoms with Crippen LogP contribution in [0.15, 0.2) is 147 Å². The van der Waals surface area contributed by atoms with Crippen molar-refractivity contribution < 1.29 is 152 Å². The monoisotopic (exact) mass is 1700 g/mol. The van der Waals surface area contributed by atoms with Crippen molar-refractivity contribution in [3.8, 4) is 6.01 Å². The Bertz CT molecular complexity index is 4250. The first-order valence-electron chi connectivity index (χ1n) is 36.2. The fourth-order valence-electron chi connectivity index (χ4n) is 13.8. The van der Waals surface area contributed by atoms with E-state index in [1.165, 1.54) is 101 Å². The Kier molecular flexibility index (Phi) is 43.2. The SMILES string of the molecule is CC[C@H]1O[C@@H](n2ccc(=O)[nH]c2=O)[C@H](OC)[C@@H]1C.CC[C@H]1O[C@@H](n2ccc(=O)[nH]c2=O)[C@H](OC)[C@@H]1O.CC[C@H]1O[C@@H](n2ccc(=O)[nH]c2=O)[C@H](OC)[C@H]1C.CC[C@H]1O[C@@H](n2ccc(=O)[nH]c2=O)[C@H](OC)[C@H]1O.CC[C@H]1O[C@@H]2[C@H](OC)C1Oc1nc(=O)ccn12.CO[C@@H]1[C@H](O)[C@@H](CO)O[C@H]1n1ccc(=O)[nH]c1=O.N/N=N/N=N/[N-]O.[NH-]O.[Na+].[Na+]. The molecule has 646 valence electrons. The van der Waals surface area contributed by atoms with E-state index in [0.717, 1.165) is 29.9 Å². The minimum atomic E-state index is -1.05. The summed E-state index contributed by atoms with van der Waals surface area (Å²) in [5, 5.41) is 63.4. The van der Waals surface area contributed by atoms with Gasteiger partial charge in [0.2, 0.25) is 0 Å². The number of hydrogen-bond donors (Lipinski definition) is 12. The molecular weight excluding hydrogens is 1600 g/mol. The number of methoxy groups -OCH3 is 6. The van der Waals surface area contributed by atoms with Gasteiger partial charge in [-0.05, 0) is 32.1 Å². The maximum absolute atomic E-state index is 11.8. The number of fused-ring (bicyclic) bond motifs is 4. The van der Waals surface area contributed by atoms with Crippen LogP contribution in [0, 0.1) is 11.8 Å². The molecular formula is C67H101N19Na2O30. The quantitative estimate of drug-likeness (QED) is 0.0155. The molecule has 6 fully saturated rings. The normalized spacial score (nSPS) is 29.8. The van der Waals surface area contributed by atoms with Crippen molar-refractivity contribution in [2.75, 3.05) is 49.3 Å². The second kappa shape index (κ2) is 49.8. The molecule has 6 aromatic heterocycles. The van der Waals surface area contributed by atoms with Crippen LogP contribution in [0.25, 0.3) is 11.5 Å². The van der Waals surface area contributed by atoms with E-state index in [1.54, 1.807) is 32.1 Å².